The summed E-state index contributed by atoms with van der Waals surface area (Å²) >= 11 is 0. The Morgan fingerprint density at radius 3 is 1.82 bits per heavy atom. The second kappa shape index (κ2) is 6.33. The van der Waals surface area contributed by atoms with Gasteiger partial charge in [-0.1, -0.05) is 45.6 Å². The molecular weight excluding hydrogens is 212 g/mol. The minimum absolute atomic E-state index is 0.0107. The number of hydrogen-bond acceptors (Lipinski definition) is 2. The highest BCUT2D eigenvalue weighted by atomic mass is 16.5. The topological polar surface area (TPSA) is 18.5 Å². The predicted molar refractivity (Wildman–Crippen MR) is 73.6 cm³/mol. The van der Waals surface area contributed by atoms with E-state index in [1.54, 1.807) is 14.2 Å². The van der Waals surface area contributed by atoms with Gasteiger partial charge in [0, 0.05) is 0 Å². The highest BCUT2D eigenvalue weighted by Gasteiger charge is 2.17. The molecule has 0 aliphatic rings. The van der Waals surface area contributed by atoms with Crippen LogP contribution in [0.5, 0.6) is 0 Å². The Kier molecular flexibility index (Phi) is 5.80. The molecule has 0 aromatic heterocycles. The van der Waals surface area contributed by atoms with Crippen molar-refractivity contribution in [1.29, 1.82) is 0 Å². The standard InChI is InChI=1S/C15H24O2/c1-11(2)9-13(15(4,5)6)10-14(17-8)12(3)16-7/h9-10H,1,3H2,2,4-8H3. The van der Waals surface area contributed by atoms with Gasteiger partial charge in [-0.2, -0.15) is 0 Å². The monoisotopic (exact) mass is 236 g/mol. The highest BCUT2D eigenvalue weighted by molar-refractivity contribution is 5.36. The van der Waals surface area contributed by atoms with Crippen LogP contribution in [0.3, 0.4) is 0 Å². The molecule has 0 aliphatic heterocycles. The number of rotatable bonds is 5. The summed E-state index contributed by atoms with van der Waals surface area (Å²) in [5.41, 5.74) is 2.14. The second-order valence-electron chi connectivity index (χ2n) is 5.04. The van der Waals surface area contributed by atoms with Crippen LogP contribution in [0.15, 0.2) is 48.0 Å². The molecule has 0 saturated heterocycles. The third-order valence-electron chi connectivity index (χ3n) is 2.30. The summed E-state index contributed by atoms with van der Waals surface area (Å²) in [6.45, 7) is 16.1. The maximum atomic E-state index is 5.28. The lowest BCUT2D eigenvalue weighted by atomic mass is 9.85. The van der Waals surface area contributed by atoms with Crippen LogP contribution >= 0.6 is 0 Å². The lowest BCUT2D eigenvalue weighted by molar-refractivity contribution is 0.221. The zero-order chi connectivity index (χ0) is 13.6. The first-order valence-electron chi connectivity index (χ1n) is 5.59. The summed E-state index contributed by atoms with van der Waals surface area (Å²) in [6.07, 6.45) is 3.99. The summed E-state index contributed by atoms with van der Waals surface area (Å²) in [4.78, 5) is 0. The minimum atomic E-state index is 0.0107. The van der Waals surface area contributed by atoms with Gasteiger partial charge in [0.05, 0.1) is 14.2 Å². The van der Waals surface area contributed by atoms with Crippen molar-refractivity contribution in [3.8, 4) is 0 Å². The molecule has 0 aromatic rings. The highest BCUT2D eigenvalue weighted by Crippen LogP contribution is 2.29. The third-order valence-corrected chi connectivity index (χ3v) is 2.30. The van der Waals surface area contributed by atoms with Gasteiger partial charge in [-0.25, -0.2) is 0 Å². The van der Waals surface area contributed by atoms with Crippen LogP contribution in [-0.2, 0) is 9.47 Å². The fourth-order valence-corrected chi connectivity index (χ4v) is 1.24. The number of ether oxygens (including phenoxy) is 2. The zero-order valence-corrected chi connectivity index (χ0v) is 11.9. The largest absolute Gasteiger partial charge is 0.494 e. The van der Waals surface area contributed by atoms with E-state index in [1.807, 2.05) is 19.1 Å². The minimum Gasteiger partial charge on any atom is -0.494 e. The second-order valence-corrected chi connectivity index (χ2v) is 5.04. The Hall–Kier alpha value is -1.44. The average Bonchev–Trinajstić information content (AvgIpc) is 2.21. The Morgan fingerprint density at radius 2 is 1.53 bits per heavy atom. The normalized spacial score (nSPS) is 13.3. The van der Waals surface area contributed by atoms with Gasteiger partial charge in [-0.15, -0.1) is 0 Å². The van der Waals surface area contributed by atoms with Crippen LogP contribution in [-0.4, -0.2) is 14.2 Å². The molecule has 2 heteroatoms. The van der Waals surface area contributed by atoms with Crippen molar-refractivity contribution in [1.82, 2.24) is 0 Å². The van der Waals surface area contributed by atoms with Crippen molar-refractivity contribution in [3.05, 3.63) is 48.0 Å². The summed E-state index contributed by atoms with van der Waals surface area (Å²) in [7, 11) is 3.19. The Labute approximate surface area is 105 Å². The SMILES string of the molecule is C=C(C)C=C(C=C(OC)C(=C)OC)C(C)(C)C. The molecule has 0 atom stereocenters. The Morgan fingerprint density at radius 1 is 1.00 bits per heavy atom. The molecule has 0 bridgehead atoms. The first-order chi connectivity index (χ1) is 7.72. The van der Waals surface area contributed by atoms with E-state index in [1.165, 1.54) is 0 Å². The van der Waals surface area contributed by atoms with Crippen LogP contribution < -0.4 is 0 Å². The van der Waals surface area contributed by atoms with E-state index in [9.17, 15) is 0 Å². The Balaban J connectivity index is 5.43. The molecule has 0 spiro atoms. The molecule has 0 heterocycles. The molecule has 0 aliphatic carbocycles. The first-order valence-corrected chi connectivity index (χ1v) is 5.59. The summed E-state index contributed by atoms with van der Waals surface area (Å²) in [5.74, 6) is 1.15. The molecule has 2 nitrogen and oxygen atoms in total. The number of hydrogen-bond donors (Lipinski definition) is 0. The molecule has 0 saturated carbocycles. The first kappa shape index (κ1) is 15.6. The quantitative estimate of drug-likeness (QED) is 0.525. The van der Waals surface area contributed by atoms with Gasteiger partial charge < -0.3 is 9.47 Å². The summed E-state index contributed by atoms with van der Waals surface area (Å²) in [5, 5.41) is 0. The summed E-state index contributed by atoms with van der Waals surface area (Å²) in [6, 6.07) is 0. The van der Waals surface area contributed by atoms with E-state index in [-0.39, 0.29) is 5.41 Å². The van der Waals surface area contributed by atoms with Gasteiger partial charge in [0.15, 0.2) is 11.5 Å². The third kappa shape index (κ3) is 5.43. The molecule has 0 aromatic carbocycles. The zero-order valence-electron chi connectivity index (χ0n) is 11.9. The van der Waals surface area contributed by atoms with E-state index in [2.05, 4.69) is 33.9 Å². The molecule has 0 radical (unpaired) electrons. The van der Waals surface area contributed by atoms with Crippen LogP contribution in [0.1, 0.15) is 27.7 Å². The van der Waals surface area contributed by atoms with Crippen LogP contribution in [0.4, 0.5) is 0 Å². The molecule has 0 amide bonds. The lowest BCUT2D eigenvalue weighted by Gasteiger charge is -2.22. The summed E-state index contributed by atoms with van der Waals surface area (Å²) < 4.78 is 10.4. The fourth-order valence-electron chi connectivity index (χ4n) is 1.24. The van der Waals surface area contributed by atoms with Crippen molar-refractivity contribution in [2.75, 3.05) is 14.2 Å². The molecule has 0 unspecified atom stereocenters. The number of allylic oxidation sites excluding steroid dienone is 4. The molecule has 17 heavy (non-hydrogen) atoms. The van der Waals surface area contributed by atoms with E-state index < -0.39 is 0 Å². The van der Waals surface area contributed by atoms with Gasteiger partial charge in [0.25, 0.3) is 0 Å². The van der Waals surface area contributed by atoms with Crippen LogP contribution in [0.25, 0.3) is 0 Å². The van der Waals surface area contributed by atoms with Gasteiger partial charge in [-0.05, 0) is 24.0 Å². The van der Waals surface area contributed by atoms with Crippen LogP contribution in [0, 0.1) is 5.41 Å². The van der Waals surface area contributed by atoms with Crippen molar-refractivity contribution in [2.45, 2.75) is 27.7 Å². The van der Waals surface area contributed by atoms with Crippen molar-refractivity contribution in [2.24, 2.45) is 5.41 Å². The van der Waals surface area contributed by atoms with Crippen molar-refractivity contribution < 1.29 is 9.47 Å². The average molecular weight is 236 g/mol. The molecule has 0 rings (SSSR count). The van der Waals surface area contributed by atoms with E-state index in [0.717, 1.165) is 11.1 Å². The maximum absolute atomic E-state index is 5.28. The predicted octanol–water partition coefficient (Wildman–Crippen LogP) is 4.23. The maximum Gasteiger partial charge on any atom is 0.160 e. The molecule has 0 N–H and O–H groups in total. The Bertz CT molecular complexity index is 352. The molecule has 96 valence electrons. The van der Waals surface area contributed by atoms with Gasteiger partial charge in [-0.3, -0.25) is 0 Å². The molecular formula is C15H24O2. The van der Waals surface area contributed by atoms with Crippen LogP contribution in [0.2, 0.25) is 0 Å². The smallest absolute Gasteiger partial charge is 0.160 e. The van der Waals surface area contributed by atoms with E-state index >= 15 is 0 Å². The van der Waals surface area contributed by atoms with Crippen molar-refractivity contribution >= 4 is 0 Å². The van der Waals surface area contributed by atoms with Gasteiger partial charge >= 0.3 is 0 Å². The lowest BCUT2D eigenvalue weighted by Crippen LogP contribution is -2.09. The van der Waals surface area contributed by atoms with Gasteiger partial charge in [0.2, 0.25) is 0 Å². The number of methoxy groups -OCH3 is 2. The molecule has 0 fully saturated rings. The van der Waals surface area contributed by atoms with Crippen molar-refractivity contribution in [3.63, 3.8) is 0 Å². The van der Waals surface area contributed by atoms with Gasteiger partial charge in [0.1, 0.15) is 0 Å². The van der Waals surface area contributed by atoms with E-state index in [4.69, 9.17) is 9.47 Å². The fraction of sp³-hybridized carbons (Fsp3) is 0.467. The van der Waals surface area contributed by atoms with E-state index in [0.29, 0.717) is 11.5 Å².